The number of hydrogen-bond donors (Lipinski definition) is 1. The van der Waals surface area contributed by atoms with E-state index in [1.54, 1.807) is 23.3 Å². The second kappa shape index (κ2) is 2.85. The van der Waals surface area contributed by atoms with Crippen LogP contribution >= 0.6 is 0 Å². The quantitative estimate of drug-likeness (QED) is 0.687. The van der Waals surface area contributed by atoms with E-state index >= 15 is 0 Å². The van der Waals surface area contributed by atoms with E-state index in [0.717, 1.165) is 11.4 Å². The van der Waals surface area contributed by atoms with E-state index in [0.29, 0.717) is 5.69 Å². The molecule has 0 atom stereocenters. The van der Waals surface area contributed by atoms with Gasteiger partial charge in [-0.1, -0.05) is 0 Å². The number of nitrogen functional groups attached to an aromatic ring is 1. The van der Waals surface area contributed by atoms with Gasteiger partial charge in [-0.15, -0.1) is 0 Å². The van der Waals surface area contributed by atoms with Crippen molar-refractivity contribution in [1.29, 1.82) is 0 Å². The summed E-state index contributed by atoms with van der Waals surface area (Å²) in [7, 11) is 0. The highest BCUT2D eigenvalue weighted by Crippen LogP contribution is 2.10. The Balaban J connectivity index is 2.52. The third kappa shape index (κ3) is 1.35. The summed E-state index contributed by atoms with van der Waals surface area (Å²) in [4.78, 5) is 0. The highest BCUT2D eigenvalue weighted by Gasteiger charge is 2.02. The molecule has 0 saturated carbocycles. The molecule has 5 nitrogen and oxygen atoms in total. The lowest BCUT2D eigenvalue weighted by atomic mass is 10.3. The molecular weight excluding hydrogens is 166 g/mol. The molecule has 2 heterocycles. The zero-order valence-corrected chi connectivity index (χ0v) is 7.18. The van der Waals surface area contributed by atoms with Gasteiger partial charge in [-0.25, -0.2) is 4.68 Å². The molecule has 66 valence electrons. The van der Waals surface area contributed by atoms with Crippen LogP contribution in [0.2, 0.25) is 0 Å². The van der Waals surface area contributed by atoms with Crippen molar-refractivity contribution in [3.8, 4) is 5.69 Å². The molecule has 0 bridgehead atoms. The van der Waals surface area contributed by atoms with Gasteiger partial charge in [0.2, 0.25) is 0 Å². The van der Waals surface area contributed by atoms with Crippen molar-refractivity contribution in [1.82, 2.24) is 20.0 Å². The van der Waals surface area contributed by atoms with Crippen molar-refractivity contribution in [3.63, 3.8) is 0 Å². The average molecular weight is 175 g/mol. The molecule has 2 rings (SSSR count). The Morgan fingerprint density at radius 1 is 1.46 bits per heavy atom. The lowest BCUT2D eigenvalue weighted by Gasteiger charge is -2.01. The molecule has 0 unspecified atom stereocenters. The Bertz CT molecular complexity index is 420. The third-order valence-corrected chi connectivity index (χ3v) is 1.73. The number of aryl methyl sites for hydroxylation is 1. The molecule has 0 aliphatic carbocycles. The average Bonchev–Trinajstić information content (AvgIpc) is 2.53. The van der Waals surface area contributed by atoms with E-state index in [-0.39, 0.29) is 0 Å². The van der Waals surface area contributed by atoms with Gasteiger partial charge in [0.25, 0.3) is 0 Å². The first kappa shape index (κ1) is 7.72. The standard InChI is InChI=1S/C8H9N5/c1-6-8(2-3-10-12-6)13-5-7(9)4-11-13/h2-5H,9H2,1H3. The Hall–Kier alpha value is -1.91. The normalized spacial score (nSPS) is 10.2. The first-order valence-electron chi connectivity index (χ1n) is 3.86. The van der Waals surface area contributed by atoms with Gasteiger partial charge in [0.1, 0.15) is 0 Å². The summed E-state index contributed by atoms with van der Waals surface area (Å²) in [5, 5.41) is 11.7. The van der Waals surface area contributed by atoms with Crippen molar-refractivity contribution in [2.75, 3.05) is 5.73 Å². The zero-order chi connectivity index (χ0) is 9.26. The van der Waals surface area contributed by atoms with E-state index < -0.39 is 0 Å². The smallest absolute Gasteiger partial charge is 0.0893 e. The summed E-state index contributed by atoms with van der Waals surface area (Å²) in [5.41, 5.74) is 7.90. The van der Waals surface area contributed by atoms with Crippen molar-refractivity contribution < 1.29 is 0 Å². The fourth-order valence-electron chi connectivity index (χ4n) is 1.11. The summed E-state index contributed by atoms with van der Waals surface area (Å²) >= 11 is 0. The lowest BCUT2D eigenvalue weighted by Crippen LogP contribution is -1.99. The minimum absolute atomic E-state index is 0.635. The van der Waals surface area contributed by atoms with Gasteiger partial charge in [0, 0.05) is 0 Å². The molecule has 0 fully saturated rings. The number of nitrogens with zero attached hydrogens (tertiary/aromatic N) is 4. The van der Waals surface area contributed by atoms with Crippen LogP contribution in [0.3, 0.4) is 0 Å². The Morgan fingerprint density at radius 2 is 2.31 bits per heavy atom. The SMILES string of the molecule is Cc1nnccc1-n1cc(N)cn1. The first-order chi connectivity index (χ1) is 6.27. The summed E-state index contributed by atoms with van der Waals surface area (Å²) in [6, 6.07) is 1.84. The number of hydrogen-bond acceptors (Lipinski definition) is 4. The van der Waals surface area contributed by atoms with Crippen LogP contribution in [0.4, 0.5) is 5.69 Å². The predicted molar refractivity (Wildman–Crippen MR) is 48.3 cm³/mol. The summed E-state index contributed by atoms with van der Waals surface area (Å²) in [6.07, 6.45) is 4.96. The topological polar surface area (TPSA) is 69.6 Å². The second-order valence-corrected chi connectivity index (χ2v) is 2.72. The van der Waals surface area contributed by atoms with Gasteiger partial charge < -0.3 is 5.73 Å². The van der Waals surface area contributed by atoms with Crippen LogP contribution in [0.1, 0.15) is 5.69 Å². The van der Waals surface area contributed by atoms with Crippen LogP contribution in [0.15, 0.2) is 24.7 Å². The molecule has 0 spiro atoms. The van der Waals surface area contributed by atoms with Crippen LogP contribution in [0, 0.1) is 6.92 Å². The zero-order valence-electron chi connectivity index (χ0n) is 7.18. The van der Waals surface area contributed by atoms with Gasteiger partial charge in [0.15, 0.2) is 0 Å². The van der Waals surface area contributed by atoms with Crippen molar-refractivity contribution in [2.24, 2.45) is 0 Å². The fourth-order valence-corrected chi connectivity index (χ4v) is 1.11. The number of anilines is 1. The Labute approximate surface area is 75.2 Å². The number of rotatable bonds is 1. The van der Waals surface area contributed by atoms with Crippen molar-refractivity contribution in [2.45, 2.75) is 6.92 Å². The van der Waals surface area contributed by atoms with E-state index in [4.69, 9.17) is 5.73 Å². The third-order valence-electron chi connectivity index (χ3n) is 1.73. The highest BCUT2D eigenvalue weighted by molar-refractivity contribution is 5.39. The highest BCUT2D eigenvalue weighted by atomic mass is 15.3. The van der Waals surface area contributed by atoms with Crippen LogP contribution in [-0.4, -0.2) is 20.0 Å². The maximum Gasteiger partial charge on any atom is 0.0893 e. The van der Waals surface area contributed by atoms with E-state index in [1.165, 1.54) is 0 Å². The molecule has 2 N–H and O–H groups in total. The molecule has 5 heteroatoms. The summed E-state index contributed by atoms with van der Waals surface area (Å²) in [6.45, 7) is 1.88. The maximum absolute atomic E-state index is 5.55. The van der Waals surface area contributed by atoms with Gasteiger partial charge in [-0.3, -0.25) is 0 Å². The predicted octanol–water partition coefficient (Wildman–Crippen LogP) is 0.553. The molecule has 0 aliphatic rings. The van der Waals surface area contributed by atoms with Crippen LogP contribution in [0.25, 0.3) is 5.69 Å². The van der Waals surface area contributed by atoms with Gasteiger partial charge in [-0.05, 0) is 13.0 Å². The van der Waals surface area contributed by atoms with E-state index in [1.807, 2.05) is 13.0 Å². The van der Waals surface area contributed by atoms with Crippen molar-refractivity contribution >= 4 is 5.69 Å². The maximum atomic E-state index is 5.55. The summed E-state index contributed by atoms with van der Waals surface area (Å²) in [5.74, 6) is 0. The van der Waals surface area contributed by atoms with E-state index in [2.05, 4.69) is 15.3 Å². The minimum atomic E-state index is 0.635. The minimum Gasteiger partial charge on any atom is -0.396 e. The largest absolute Gasteiger partial charge is 0.396 e. The molecule has 0 radical (unpaired) electrons. The fraction of sp³-hybridized carbons (Fsp3) is 0.125. The molecule has 2 aromatic heterocycles. The molecule has 0 amide bonds. The van der Waals surface area contributed by atoms with Gasteiger partial charge in [-0.2, -0.15) is 15.3 Å². The molecule has 2 aromatic rings. The Morgan fingerprint density at radius 3 is 2.92 bits per heavy atom. The number of aromatic nitrogens is 4. The monoisotopic (exact) mass is 175 g/mol. The van der Waals surface area contributed by atoms with Gasteiger partial charge in [0.05, 0.1) is 35.7 Å². The van der Waals surface area contributed by atoms with Crippen LogP contribution in [0.5, 0.6) is 0 Å². The first-order valence-corrected chi connectivity index (χ1v) is 3.86. The molecule has 0 saturated heterocycles. The summed E-state index contributed by atoms with van der Waals surface area (Å²) < 4.78 is 1.68. The van der Waals surface area contributed by atoms with Crippen molar-refractivity contribution in [3.05, 3.63) is 30.4 Å². The molecule has 0 aliphatic heterocycles. The van der Waals surface area contributed by atoms with Crippen LogP contribution < -0.4 is 5.73 Å². The molecular formula is C8H9N5. The lowest BCUT2D eigenvalue weighted by molar-refractivity contribution is 0.840. The van der Waals surface area contributed by atoms with E-state index in [9.17, 15) is 0 Å². The Kier molecular flexibility index (Phi) is 1.70. The molecule has 0 aromatic carbocycles. The number of nitrogens with two attached hydrogens (primary N) is 1. The molecule has 13 heavy (non-hydrogen) atoms. The van der Waals surface area contributed by atoms with Gasteiger partial charge >= 0.3 is 0 Å². The second-order valence-electron chi connectivity index (χ2n) is 2.72. The van der Waals surface area contributed by atoms with Crippen LogP contribution in [-0.2, 0) is 0 Å².